The molecule has 1 unspecified atom stereocenters. The molecule has 0 aliphatic heterocycles. The van der Waals surface area contributed by atoms with Crippen LogP contribution < -0.4 is 5.32 Å². The second-order valence-electron chi connectivity index (χ2n) is 3.69. The van der Waals surface area contributed by atoms with Crippen LogP contribution in [0.25, 0.3) is 0 Å². The van der Waals surface area contributed by atoms with Crippen molar-refractivity contribution in [2.75, 3.05) is 7.05 Å². The van der Waals surface area contributed by atoms with Crippen LogP contribution in [-0.4, -0.2) is 22.0 Å². The first-order valence-corrected chi connectivity index (χ1v) is 6.11. The summed E-state index contributed by atoms with van der Waals surface area (Å²) in [5, 5.41) is 3.24. The summed E-state index contributed by atoms with van der Waals surface area (Å²) in [6.07, 6.45) is 9.65. The minimum atomic E-state index is 0.153. The molecule has 0 aromatic carbocycles. The van der Waals surface area contributed by atoms with Gasteiger partial charge in [-0.1, -0.05) is 0 Å². The molecule has 0 radical (unpaired) electrons. The molecule has 1 atom stereocenters. The van der Waals surface area contributed by atoms with E-state index in [1.165, 1.54) is 0 Å². The van der Waals surface area contributed by atoms with Gasteiger partial charge >= 0.3 is 0 Å². The third kappa shape index (κ3) is 3.31. The first-order chi connectivity index (χ1) is 8.29. The van der Waals surface area contributed by atoms with E-state index in [0.717, 1.165) is 22.2 Å². The highest BCUT2D eigenvalue weighted by atomic mass is 79.9. The van der Waals surface area contributed by atoms with Gasteiger partial charge in [-0.2, -0.15) is 0 Å². The third-order valence-electron chi connectivity index (χ3n) is 2.49. The summed E-state index contributed by atoms with van der Waals surface area (Å²) in [5.41, 5.74) is 2.10. The summed E-state index contributed by atoms with van der Waals surface area (Å²) >= 11 is 3.42. The number of likely N-dealkylation sites (N-methyl/N-ethyl adjacent to an activating group) is 1. The maximum absolute atomic E-state index is 4.31. The lowest BCUT2D eigenvalue weighted by atomic mass is 10.1. The first-order valence-electron chi connectivity index (χ1n) is 5.32. The zero-order valence-electron chi connectivity index (χ0n) is 9.47. The molecule has 88 valence electrons. The van der Waals surface area contributed by atoms with E-state index in [4.69, 9.17) is 0 Å². The number of pyridine rings is 1. The van der Waals surface area contributed by atoms with Gasteiger partial charge in [-0.05, 0) is 41.0 Å². The minimum Gasteiger partial charge on any atom is -0.311 e. The van der Waals surface area contributed by atoms with Crippen LogP contribution in [-0.2, 0) is 6.42 Å². The zero-order chi connectivity index (χ0) is 12.1. The Hall–Kier alpha value is -1.33. The predicted octanol–water partition coefficient (Wildman–Crippen LogP) is 2.14. The molecule has 0 aliphatic rings. The van der Waals surface area contributed by atoms with Crippen LogP contribution in [0.4, 0.5) is 0 Å². The Morgan fingerprint density at radius 3 is 2.76 bits per heavy atom. The van der Waals surface area contributed by atoms with Gasteiger partial charge in [0.05, 0.1) is 11.7 Å². The Labute approximate surface area is 109 Å². The molecule has 0 fully saturated rings. The van der Waals surface area contributed by atoms with Gasteiger partial charge in [-0.15, -0.1) is 0 Å². The number of hydrogen-bond acceptors (Lipinski definition) is 4. The summed E-state index contributed by atoms with van der Waals surface area (Å²) in [4.78, 5) is 12.6. The zero-order valence-corrected chi connectivity index (χ0v) is 11.1. The van der Waals surface area contributed by atoms with Crippen molar-refractivity contribution in [1.29, 1.82) is 0 Å². The summed E-state index contributed by atoms with van der Waals surface area (Å²) in [7, 11) is 1.92. The maximum Gasteiger partial charge on any atom is 0.0759 e. The molecule has 2 aromatic rings. The fraction of sp³-hybridized carbons (Fsp3) is 0.250. The smallest absolute Gasteiger partial charge is 0.0759 e. The molecule has 2 aromatic heterocycles. The van der Waals surface area contributed by atoms with Crippen molar-refractivity contribution in [2.24, 2.45) is 0 Å². The Morgan fingerprint density at radius 2 is 2.12 bits per heavy atom. The molecule has 17 heavy (non-hydrogen) atoms. The average molecular weight is 293 g/mol. The van der Waals surface area contributed by atoms with Crippen molar-refractivity contribution in [3.05, 3.63) is 52.8 Å². The molecule has 1 N–H and O–H groups in total. The largest absolute Gasteiger partial charge is 0.311 e. The lowest BCUT2D eigenvalue weighted by molar-refractivity contribution is 0.572. The Kier molecular flexibility index (Phi) is 4.17. The van der Waals surface area contributed by atoms with E-state index in [-0.39, 0.29) is 6.04 Å². The number of nitrogens with zero attached hydrogens (tertiary/aromatic N) is 3. The summed E-state index contributed by atoms with van der Waals surface area (Å²) in [6, 6.07) is 2.22. The van der Waals surface area contributed by atoms with Crippen LogP contribution in [0.5, 0.6) is 0 Å². The molecule has 0 spiro atoms. The summed E-state index contributed by atoms with van der Waals surface area (Å²) in [6.45, 7) is 0. The molecule has 4 nitrogen and oxygen atoms in total. The third-order valence-corrected chi connectivity index (χ3v) is 2.92. The number of nitrogens with one attached hydrogen (secondary N) is 1. The molecule has 0 aliphatic carbocycles. The summed E-state index contributed by atoms with van der Waals surface area (Å²) in [5.74, 6) is 0. The van der Waals surface area contributed by atoms with E-state index in [9.17, 15) is 0 Å². The van der Waals surface area contributed by atoms with Gasteiger partial charge in [0.15, 0.2) is 0 Å². The number of rotatable bonds is 4. The molecule has 0 amide bonds. The molecule has 0 bridgehead atoms. The van der Waals surface area contributed by atoms with E-state index in [0.29, 0.717) is 0 Å². The van der Waals surface area contributed by atoms with Crippen LogP contribution in [0.2, 0.25) is 0 Å². The lowest BCUT2D eigenvalue weighted by Gasteiger charge is -2.14. The minimum absolute atomic E-state index is 0.153. The average Bonchev–Trinajstić information content (AvgIpc) is 2.37. The molecule has 2 heterocycles. The SMILES string of the molecule is CNC(Cc1cncc(Br)c1)c1cnccn1. The van der Waals surface area contributed by atoms with Crippen molar-refractivity contribution in [3.8, 4) is 0 Å². The fourth-order valence-corrected chi connectivity index (χ4v) is 2.06. The van der Waals surface area contributed by atoms with E-state index >= 15 is 0 Å². The Balaban J connectivity index is 2.16. The van der Waals surface area contributed by atoms with Gasteiger partial charge in [0.2, 0.25) is 0 Å². The highest BCUT2D eigenvalue weighted by Gasteiger charge is 2.11. The van der Waals surface area contributed by atoms with Gasteiger partial charge in [-0.25, -0.2) is 0 Å². The lowest BCUT2D eigenvalue weighted by Crippen LogP contribution is -2.20. The van der Waals surface area contributed by atoms with Crippen LogP contribution in [0, 0.1) is 0 Å². The van der Waals surface area contributed by atoms with Gasteiger partial charge in [0.1, 0.15) is 0 Å². The van der Waals surface area contributed by atoms with E-state index < -0.39 is 0 Å². The Morgan fingerprint density at radius 1 is 1.24 bits per heavy atom. The van der Waals surface area contributed by atoms with E-state index in [2.05, 4.69) is 42.3 Å². The highest BCUT2D eigenvalue weighted by molar-refractivity contribution is 9.10. The monoisotopic (exact) mass is 292 g/mol. The molecule has 0 saturated heterocycles. The standard InChI is InChI=1S/C12H13BrN4/c1-14-11(12-8-15-2-3-17-12)5-9-4-10(13)7-16-6-9/h2-4,6-8,11,14H,5H2,1H3. The van der Waals surface area contributed by atoms with Crippen LogP contribution >= 0.6 is 15.9 Å². The second kappa shape index (κ2) is 5.84. The van der Waals surface area contributed by atoms with Crippen molar-refractivity contribution >= 4 is 15.9 Å². The van der Waals surface area contributed by atoms with Crippen molar-refractivity contribution in [3.63, 3.8) is 0 Å². The fourth-order valence-electron chi connectivity index (χ4n) is 1.65. The molecule has 2 rings (SSSR count). The maximum atomic E-state index is 4.31. The predicted molar refractivity (Wildman–Crippen MR) is 69.5 cm³/mol. The van der Waals surface area contributed by atoms with E-state index in [1.807, 2.05) is 13.2 Å². The van der Waals surface area contributed by atoms with Crippen molar-refractivity contribution in [2.45, 2.75) is 12.5 Å². The van der Waals surface area contributed by atoms with Crippen molar-refractivity contribution < 1.29 is 0 Å². The molecular weight excluding hydrogens is 280 g/mol. The van der Waals surface area contributed by atoms with Gasteiger partial charge in [-0.3, -0.25) is 15.0 Å². The topological polar surface area (TPSA) is 50.7 Å². The normalized spacial score (nSPS) is 12.4. The molecule has 0 saturated carbocycles. The highest BCUT2D eigenvalue weighted by Crippen LogP contribution is 2.17. The number of halogens is 1. The number of aromatic nitrogens is 3. The van der Waals surface area contributed by atoms with Gasteiger partial charge in [0, 0.05) is 35.5 Å². The quantitative estimate of drug-likeness (QED) is 0.938. The first kappa shape index (κ1) is 12.1. The van der Waals surface area contributed by atoms with Gasteiger partial charge in [0.25, 0.3) is 0 Å². The van der Waals surface area contributed by atoms with Crippen LogP contribution in [0.3, 0.4) is 0 Å². The van der Waals surface area contributed by atoms with Gasteiger partial charge < -0.3 is 5.32 Å². The summed E-state index contributed by atoms with van der Waals surface area (Å²) < 4.78 is 0.990. The molecular formula is C12H13BrN4. The van der Waals surface area contributed by atoms with Crippen LogP contribution in [0.15, 0.2) is 41.5 Å². The number of hydrogen-bond donors (Lipinski definition) is 1. The van der Waals surface area contributed by atoms with E-state index in [1.54, 1.807) is 24.8 Å². The molecule has 5 heteroatoms. The van der Waals surface area contributed by atoms with Crippen LogP contribution in [0.1, 0.15) is 17.3 Å². The Bertz CT molecular complexity index is 475. The van der Waals surface area contributed by atoms with Crippen molar-refractivity contribution in [1.82, 2.24) is 20.3 Å². The second-order valence-corrected chi connectivity index (χ2v) is 4.60.